The number of likely N-dealkylation sites (tertiary alicyclic amines) is 1. The fourth-order valence-corrected chi connectivity index (χ4v) is 6.29. The SMILES string of the molecule is C[C@@H](/C=C/CC(=O)N1CCC[C@H]1CO)[C@]1(O)C(=O)N(Cc2cccc(NC(=O)C3CCCNC3)c2)c2ccccc21. The largest absolute Gasteiger partial charge is 0.394 e. The number of aliphatic hydroxyl groups is 2. The maximum absolute atomic E-state index is 13.8. The number of nitrogens with zero attached hydrogens (tertiary/aromatic N) is 2. The number of rotatable bonds is 9. The molecule has 3 aliphatic rings. The zero-order valence-electron chi connectivity index (χ0n) is 23.6. The molecule has 0 aliphatic carbocycles. The third-order valence-corrected chi connectivity index (χ3v) is 8.66. The van der Waals surface area contributed by atoms with Gasteiger partial charge in [0.1, 0.15) is 0 Å². The molecule has 218 valence electrons. The zero-order chi connectivity index (χ0) is 29.0. The number of nitrogens with one attached hydrogen (secondary N) is 2. The first-order valence-electron chi connectivity index (χ1n) is 14.6. The van der Waals surface area contributed by atoms with Gasteiger partial charge in [0.15, 0.2) is 5.60 Å². The van der Waals surface area contributed by atoms with Crippen LogP contribution in [0.2, 0.25) is 0 Å². The van der Waals surface area contributed by atoms with E-state index >= 15 is 0 Å². The minimum Gasteiger partial charge on any atom is -0.394 e. The molecule has 4 atom stereocenters. The van der Waals surface area contributed by atoms with E-state index in [-0.39, 0.29) is 43.3 Å². The first-order valence-corrected chi connectivity index (χ1v) is 14.6. The molecule has 0 spiro atoms. The van der Waals surface area contributed by atoms with Gasteiger partial charge in [0, 0.05) is 36.7 Å². The summed E-state index contributed by atoms with van der Waals surface area (Å²) < 4.78 is 0. The molecule has 2 saturated heterocycles. The highest BCUT2D eigenvalue weighted by Crippen LogP contribution is 2.45. The van der Waals surface area contributed by atoms with E-state index in [2.05, 4.69) is 10.6 Å². The van der Waals surface area contributed by atoms with E-state index in [9.17, 15) is 24.6 Å². The number of amides is 3. The van der Waals surface area contributed by atoms with E-state index in [1.807, 2.05) is 36.4 Å². The van der Waals surface area contributed by atoms with E-state index in [4.69, 9.17) is 0 Å². The number of fused-ring (bicyclic) bond motifs is 1. The van der Waals surface area contributed by atoms with Gasteiger partial charge in [-0.25, -0.2) is 0 Å². The first kappa shape index (κ1) is 29.0. The van der Waals surface area contributed by atoms with Gasteiger partial charge in [-0.15, -0.1) is 0 Å². The predicted molar refractivity (Wildman–Crippen MR) is 157 cm³/mol. The Hall–Kier alpha value is -3.53. The zero-order valence-corrected chi connectivity index (χ0v) is 23.6. The van der Waals surface area contributed by atoms with Gasteiger partial charge in [-0.1, -0.05) is 49.4 Å². The summed E-state index contributed by atoms with van der Waals surface area (Å²) in [5, 5.41) is 27.7. The smallest absolute Gasteiger partial charge is 0.264 e. The van der Waals surface area contributed by atoms with Crippen molar-refractivity contribution in [1.29, 1.82) is 0 Å². The molecule has 0 bridgehead atoms. The third-order valence-electron chi connectivity index (χ3n) is 8.66. The molecule has 5 rings (SSSR count). The number of benzene rings is 2. The Balaban J connectivity index is 1.29. The Kier molecular flexibility index (Phi) is 8.87. The average Bonchev–Trinajstić information content (AvgIpc) is 3.56. The molecule has 0 saturated carbocycles. The van der Waals surface area contributed by atoms with Crippen LogP contribution in [0.15, 0.2) is 60.7 Å². The number of aliphatic hydroxyl groups excluding tert-OH is 1. The van der Waals surface area contributed by atoms with Crippen molar-refractivity contribution in [3.8, 4) is 0 Å². The van der Waals surface area contributed by atoms with Crippen molar-refractivity contribution in [3.05, 3.63) is 71.8 Å². The second kappa shape index (κ2) is 12.5. The summed E-state index contributed by atoms with van der Waals surface area (Å²) in [4.78, 5) is 42.6. The molecular formula is C32H40N4O5. The second-order valence-electron chi connectivity index (χ2n) is 11.4. The van der Waals surface area contributed by atoms with Crippen LogP contribution >= 0.6 is 0 Å². The number of hydrogen-bond donors (Lipinski definition) is 4. The van der Waals surface area contributed by atoms with Crippen LogP contribution < -0.4 is 15.5 Å². The van der Waals surface area contributed by atoms with Crippen LogP contribution in [0.4, 0.5) is 11.4 Å². The Bertz CT molecular complexity index is 1310. The van der Waals surface area contributed by atoms with Gasteiger partial charge in [-0.05, 0) is 56.0 Å². The molecule has 4 N–H and O–H groups in total. The highest BCUT2D eigenvalue weighted by Gasteiger charge is 2.52. The fourth-order valence-electron chi connectivity index (χ4n) is 6.29. The number of para-hydroxylation sites is 1. The van der Waals surface area contributed by atoms with Gasteiger partial charge in [-0.3, -0.25) is 14.4 Å². The molecule has 3 heterocycles. The highest BCUT2D eigenvalue weighted by molar-refractivity contribution is 6.07. The summed E-state index contributed by atoms with van der Waals surface area (Å²) in [6, 6.07) is 14.6. The molecule has 9 heteroatoms. The number of piperidine rings is 1. The van der Waals surface area contributed by atoms with Gasteiger partial charge < -0.3 is 30.6 Å². The summed E-state index contributed by atoms with van der Waals surface area (Å²) in [6.45, 7) is 4.22. The predicted octanol–water partition coefficient (Wildman–Crippen LogP) is 2.92. The van der Waals surface area contributed by atoms with Crippen LogP contribution in [-0.4, -0.2) is 65.1 Å². The van der Waals surface area contributed by atoms with E-state index in [0.717, 1.165) is 37.8 Å². The molecule has 3 aliphatic heterocycles. The lowest BCUT2D eigenvalue weighted by atomic mass is 9.83. The van der Waals surface area contributed by atoms with Crippen molar-refractivity contribution in [3.63, 3.8) is 0 Å². The van der Waals surface area contributed by atoms with Crippen molar-refractivity contribution in [2.24, 2.45) is 11.8 Å². The van der Waals surface area contributed by atoms with Gasteiger partial charge in [0.2, 0.25) is 11.8 Å². The molecule has 1 unspecified atom stereocenters. The summed E-state index contributed by atoms with van der Waals surface area (Å²) >= 11 is 0. The van der Waals surface area contributed by atoms with Gasteiger partial charge in [0.25, 0.3) is 5.91 Å². The van der Waals surface area contributed by atoms with E-state index in [0.29, 0.717) is 30.0 Å². The van der Waals surface area contributed by atoms with Crippen LogP contribution in [0.25, 0.3) is 0 Å². The highest BCUT2D eigenvalue weighted by atomic mass is 16.3. The lowest BCUT2D eigenvalue weighted by Crippen LogP contribution is -2.44. The molecule has 2 aromatic rings. The summed E-state index contributed by atoms with van der Waals surface area (Å²) in [5.74, 6) is -1.16. The summed E-state index contributed by atoms with van der Waals surface area (Å²) in [7, 11) is 0. The number of carbonyl (C=O) groups excluding carboxylic acids is 3. The van der Waals surface area contributed by atoms with Crippen molar-refractivity contribution < 1.29 is 24.6 Å². The van der Waals surface area contributed by atoms with Crippen LogP contribution in [0.5, 0.6) is 0 Å². The standard InChI is InChI=1S/C32H40N4O5/c1-22(8-4-15-29(38)35-17-7-12-26(35)21-37)32(41)27-13-2-3-14-28(27)36(31(32)40)20-23-9-5-11-25(18-23)34-30(39)24-10-6-16-33-19-24/h2-5,8-9,11,13-14,18,22,24,26,33,37,41H,6-7,10,12,15-17,19-21H2,1H3,(H,34,39)/b8-4+/t22-,24?,26-,32+/m0/s1. The lowest BCUT2D eigenvalue weighted by Gasteiger charge is -2.28. The minimum absolute atomic E-state index is 0.0120. The quantitative estimate of drug-likeness (QED) is 0.350. The number of carbonyl (C=O) groups is 3. The molecule has 2 aromatic carbocycles. The Morgan fingerprint density at radius 1 is 1.17 bits per heavy atom. The van der Waals surface area contributed by atoms with Crippen LogP contribution in [0.3, 0.4) is 0 Å². The minimum atomic E-state index is -1.78. The molecular weight excluding hydrogens is 520 g/mol. The fraction of sp³-hybridized carbons (Fsp3) is 0.469. The Morgan fingerprint density at radius 3 is 2.78 bits per heavy atom. The normalized spacial score (nSPS) is 25.0. The molecule has 0 radical (unpaired) electrons. The second-order valence-corrected chi connectivity index (χ2v) is 11.4. The monoisotopic (exact) mass is 560 g/mol. The van der Waals surface area contributed by atoms with Crippen molar-refractivity contribution in [2.45, 2.75) is 57.2 Å². The van der Waals surface area contributed by atoms with Crippen molar-refractivity contribution in [2.75, 3.05) is 36.5 Å². The van der Waals surface area contributed by atoms with E-state index < -0.39 is 17.4 Å². The maximum atomic E-state index is 13.8. The van der Waals surface area contributed by atoms with Crippen LogP contribution in [0, 0.1) is 11.8 Å². The van der Waals surface area contributed by atoms with Crippen LogP contribution in [-0.2, 0) is 26.5 Å². The van der Waals surface area contributed by atoms with Gasteiger partial charge in [-0.2, -0.15) is 0 Å². The van der Waals surface area contributed by atoms with Crippen molar-refractivity contribution in [1.82, 2.24) is 10.2 Å². The molecule has 41 heavy (non-hydrogen) atoms. The summed E-state index contributed by atoms with van der Waals surface area (Å²) in [5.41, 5.74) is 0.895. The third kappa shape index (κ3) is 5.93. The van der Waals surface area contributed by atoms with Gasteiger partial charge >= 0.3 is 0 Å². The molecule has 2 fully saturated rings. The van der Waals surface area contributed by atoms with E-state index in [1.165, 1.54) is 0 Å². The van der Waals surface area contributed by atoms with Crippen molar-refractivity contribution >= 4 is 29.1 Å². The van der Waals surface area contributed by atoms with Crippen LogP contribution in [0.1, 0.15) is 50.2 Å². The molecule has 9 nitrogen and oxygen atoms in total. The average molecular weight is 561 g/mol. The molecule has 3 amide bonds. The number of hydrogen-bond acceptors (Lipinski definition) is 6. The topological polar surface area (TPSA) is 122 Å². The number of anilines is 2. The Morgan fingerprint density at radius 2 is 2.00 bits per heavy atom. The molecule has 0 aromatic heterocycles. The van der Waals surface area contributed by atoms with E-state index in [1.54, 1.807) is 41.0 Å². The summed E-state index contributed by atoms with van der Waals surface area (Å²) in [6.07, 6.45) is 7.11. The Labute approximate surface area is 241 Å². The lowest BCUT2D eigenvalue weighted by molar-refractivity contribution is -0.139. The maximum Gasteiger partial charge on any atom is 0.264 e. The first-order chi connectivity index (χ1) is 19.8. The van der Waals surface area contributed by atoms with Gasteiger partial charge in [0.05, 0.1) is 30.8 Å².